The summed E-state index contributed by atoms with van der Waals surface area (Å²) in [6.07, 6.45) is 13.3. The summed E-state index contributed by atoms with van der Waals surface area (Å²) in [7, 11) is 0. The molecule has 0 spiro atoms. The van der Waals surface area contributed by atoms with E-state index in [-0.39, 0.29) is 16.5 Å². The van der Waals surface area contributed by atoms with Crippen molar-refractivity contribution in [3.05, 3.63) is 45.4 Å². The zero-order valence-corrected chi connectivity index (χ0v) is 23.5. The first kappa shape index (κ1) is 29.1. The maximum Gasteiger partial charge on any atom is 0.238 e. The molecule has 0 saturated carbocycles. The number of alkyl halides is 1. The molecule has 2 aromatic carbocycles. The third-order valence-electron chi connectivity index (χ3n) is 5.64. The van der Waals surface area contributed by atoms with Crippen LogP contribution in [0.15, 0.2) is 30.3 Å². The Balaban J connectivity index is 1.76. The molecule has 3 N–H and O–H groups in total. The highest BCUT2D eigenvalue weighted by Crippen LogP contribution is 2.36. The van der Waals surface area contributed by atoms with E-state index in [4.69, 9.17) is 34.8 Å². The minimum absolute atomic E-state index is 0.0495. The number of anilines is 3. The van der Waals surface area contributed by atoms with Gasteiger partial charge in [0.05, 0.1) is 31.3 Å². The highest BCUT2D eigenvalue weighted by atomic mass is 79.9. The van der Waals surface area contributed by atoms with Crippen molar-refractivity contribution >= 4 is 73.7 Å². The third kappa shape index (κ3) is 10.2. The second-order valence-electron chi connectivity index (χ2n) is 8.53. The number of nitrogens with one attached hydrogen (secondary N) is 2. The molecule has 34 heavy (non-hydrogen) atoms. The van der Waals surface area contributed by atoms with Gasteiger partial charge in [-0.25, -0.2) is 0 Å². The van der Waals surface area contributed by atoms with E-state index in [0.717, 1.165) is 19.3 Å². The number of carbonyl (C=O) groups excluding carboxylic acids is 1. The van der Waals surface area contributed by atoms with E-state index in [2.05, 4.69) is 33.5 Å². The van der Waals surface area contributed by atoms with Crippen LogP contribution in [0.3, 0.4) is 0 Å². The molecule has 0 fully saturated rings. The molecule has 0 bridgehead atoms. The lowest BCUT2D eigenvalue weighted by atomic mass is 10.1. The molecule has 0 radical (unpaired) electrons. The molecule has 1 atom stereocenters. The summed E-state index contributed by atoms with van der Waals surface area (Å²) in [5, 5.41) is 17.4. The Labute approximate surface area is 226 Å². The number of halogens is 4. The van der Waals surface area contributed by atoms with Gasteiger partial charge in [0.1, 0.15) is 5.75 Å². The predicted octanol–water partition coefficient (Wildman–Crippen LogP) is 10.1. The molecule has 0 aromatic heterocycles. The topological polar surface area (TPSA) is 61.4 Å². The number of rotatable bonds is 15. The zero-order valence-electron chi connectivity index (χ0n) is 19.6. The van der Waals surface area contributed by atoms with Crippen molar-refractivity contribution in [2.24, 2.45) is 0 Å². The maximum atomic E-state index is 12.6. The minimum atomic E-state index is -0.311. The van der Waals surface area contributed by atoms with Crippen LogP contribution in [-0.2, 0) is 4.79 Å². The normalized spacial score (nSPS) is 11.9. The second kappa shape index (κ2) is 15.8. The molecule has 0 aliphatic heterocycles. The van der Waals surface area contributed by atoms with Gasteiger partial charge >= 0.3 is 0 Å². The molecular formula is C26H34BrCl3N2O2. The average Bonchev–Trinajstić information content (AvgIpc) is 2.80. The van der Waals surface area contributed by atoms with Crippen LogP contribution in [-0.4, -0.2) is 15.8 Å². The van der Waals surface area contributed by atoms with Crippen LogP contribution in [0.25, 0.3) is 0 Å². The van der Waals surface area contributed by atoms with E-state index < -0.39 is 0 Å². The molecule has 0 saturated heterocycles. The van der Waals surface area contributed by atoms with Gasteiger partial charge in [-0.1, -0.05) is 122 Å². The maximum absolute atomic E-state index is 12.6. The third-order valence-corrected chi connectivity index (χ3v) is 7.56. The Morgan fingerprint density at radius 2 is 1.47 bits per heavy atom. The van der Waals surface area contributed by atoms with Gasteiger partial charge in [-0.2, -0.15) is 0 Å². The molecule has 0 heterocycles. The number of aromatic hydroxyl groups is 1. The number of hydrogen-bond donors (Lipinski definition) is 3. The summed E-state index contributed by atoms with van der Waals surface area (Å²) in [5.74, 6) is -0.228. The van der Waals surface area contributed by atoms with E-state index in [1.807, 2.05) is 0 Å². The zero-order chi connectivity index (χ0) is 24.9. The molecule has 1 amide bonds. The molecule has 188 valence electrons. The number of benzene rings is 2. The SMILES string of the molecule is CCCCCCCCCCCCC(Br)C(=O)Nc1cc(O)c(Nc2ccc(Cl)c(Cl)c2)cc1Cl. The van der Waals surface area contributed by atoms with Gasteiger partial charge in [0.2, 0.25) is 5.91 Å². The van der Waals surface area contributed by atoms with E-state index >= 15 is 0 Å². The quantitative estimate of drug-likeness (QED) is 0.110. The van der Waals surface area contributed by atoms with Crippen LogP contribution in [0.4, 0.5) is 17.1 Å². The van der Waals surface area contributed by atoms with Crippen LogP contribution in [0.1, 0.15) is 77.6 Å². The van der Waals surface area contributed by atoms with Crippen LogP contribution in [0.2, 0.25) is 15.1 Å². The minimum Gasteiger partial charge on any atom is -0.506 e. The van der Waals surface area contributed by atoms with Crippen LogP contribution in [0.5, 0.6) is 5.75 Å². The summed E-state index contributed by atoms with van der Waals surface area (Å²) in [6, 6.07) is 8.03. The lowest BCUT2D eigenvalue weighted by Gasteiger charge is -2.15. The van der Waals surface area contributed by atoms with Crippen LogP contribution in [0, 0.1) is 0 Å². The van der Waals surface area contributed by atoms with Gasteiger partial charge in [0.25, 0.3) is 0 Å². The molecule has 2 rings (SSSR count). The highest BCUT2D eigenvalue weighted by Gasteiger charge is 2.17. The lowest BCUT2D eigenvalue weighted by molar-refractivity contribution is -0.115. The summed E-state index contributed by atoms with van der Waals surface area (Å²) in [4.78, 5) is 12.3. The van der Waals surface area contributed by atoms with E-state index in [1.165, 1.54) is 57.4 Å². The van der Waals surface area contributed by atoms with E-state index in [0.29, 0.717) is 32.1 Å². The Hall–Kier alpha value is -1.14. The molecular weight excluding hydrogens is 559 g/mol. The van der Waals surface area contributed by atoms with Crippen molar-refractivity contribution in [1.29, 1.82) is 0 Å². The number of unbranched alkanes of at least 4 members (excludes halogenated alkanes) is 9. The van der Waals surface area contributed by atoms with Crippen molar-refractivity contribution in [2.75, 3.05) is 10.6 Å². The van der Waals surface area contributed by atoms with Gasteiger partial charge in [-0.05, 0) is 30.7 Å². The molecule has 8 heteroatoms. The van der Waals surface area contributed by atoms with Crippen molar-refractivity contribution in [2.45, 2.75) is 82.4 Å². The molecule has 0 aliphatic rings. The summed E-state index contributed by atoms with van der Waals surface area (Å²) in [6.45, 7) is 2.24. The number of hydrogen-bond acceptors (Lipinski definition) is 3. The van der Waals surface area contributed by atoms with Crippen molar-refractivity contribution in [1.82, 2.24) is 0 Å². The second-order valence-corrected chi connectivity index (χ2v) is 10.9. The fraction of sp³-hybridized carbons (Fsp3) is 0.500. The number of phenols is 1. The first-order valence-electron chi connectivity index (χ1n) is 12.0. The molecule has 0 aliphatic carbocycles. The summed E-state index contributed by atoms with van der Waals surface area (Å²) in [5.41, 5.74) is 1.40. The molecule has 1 unspecified atom stereocenters. The Kier molecular flexibility index (Phi) is 13.5. The smallest absolute Gasteiger partial charge is 0.238 e. The van der Waals surface area contributed by atoms with Gasteiger partial charge in [-0.15, -0.1) is 0 Å². The lowest BCUT2D eigenvalue weighted by Crippen LogP contribution is -2.23. The van der Waals surface area contributed by atoms with E-state index in [1.54, 1.807) is 24.3 Å². The van der Waals surface area contributed by atoms with Crippen LogP contribution >= 0.6 is 50.7 Å². The monoisotopic (exact) mass is 590 g/mol. The fourth-order valence-electron chi connectivity index (χ4n) is 3.64. The largest absolute Gasteiger partial charge is 0.506 e. The molecule has 4 nitrogen and oxygen atoms in total. The first-order valence-corrected chi connectivity index (χ1v) is 14.1. The Bertz CT molecular complexity index is 927. The number of carbonyl (C=O) groups is 1. The summed E-state index contributed by atoms with van der Waals surface area (Å²) < 4.78 is 0. The van der Waals surface area contributed by atoms with Crippen molar-refractivity contribution in [3.8, 4) is 5.75 Å². The standard InChI is InChI=1S/C26H34BrCl3N2O2/c1-2-3-4-5-6-7-8-9-10-11-12-19(27)26(34)32-23-17-25(33)24(16-22(23)30)31-18-13-14-20(28)21(29)15-18/h13-17,19,31,33H,2-12H2,1H3,(H,32,34). The Morgan fingerprint density at radius 1 is 0.853 bits per heavy atom. The van der Waals surface area contributed by atoms with Gasteiger partial charge in [0, 0.05) is 11.8 Å². The first-order chi connectivity index (χ1) is 16.3. The van der Waals surface area contributed by atoms with Crippen molar-refractivity contribution < 1.29 is 9.90 Å². The number of phenolic OH excluding ortho intramolecular Hbond substituents is 1. The fourth-order valence-corrected chi connectivity index (χ4v) is 4.59. The van der Waals surface area contributed by atoms with Gasteiger partial charge < -0.3 is 15.7 Å². The van der Waals surface area contributed by atoms with Crippen LogP contribution < -0.4 is 10.6 Å². The van der Waals surface area contributed by atoms with Crippen molar-refractivity contribution in [3.63, 3.8) is 0 Å². The number of amides is 1. The highest BCUT2D eigenvalue weighted by molar-refractivity contribution is 9.10. The average molecular weight is 593 g/mol. The van der Waals surface area contributed by atoms with Gasteiger partial charge in [0.15, 0.2) is 0 Å². The van der Waals surface area contributed by atoms with E-state index in [9.17, 15) is 9.90 Å². The summed E-state index contributed by atoms with van der Waals surface area (Å²) >= 11 is 21.8. The predicted molar refractivity (Wildman–Crippen MR) is 151 cm³/mol. The Morgan fingerprint density at radius 3 is 2.09 bits per heavy atom. The molecule has 2 aromatic rings. The van der Waals surface area contributed by atoms with Gasteiger partial charge in [-0.3, -0.25) is 4.79 Å².